The Labute approximate surface area is 160 Å². The molecule has 144 valence electrons. The highest BCUT2D eigenvalue weighted by molar-refractivity contribution is 6.33. The van der Waals surface area contributed by atoms with Gasteiger partial charge in [0.2, 0.25) is 17.6 Å². The molecule has 3 heterocycles. The van der Waals surface area contributed by atoms with Crippen LogP contribution in [-0.2, 0) is 20.7 Å². The van der Waals surface area contributed by atoms with Crippen LogP contribution in [0.15, 0.2) is 28.8 Å². The lowest BCUT2D eigenvalue weighted by molar-refractivity contribution is -0.122. The summed E-state index contributed by atoms with van der Waals surface area (Å²) < 4.78 is 16.2. The topological polar surface area (TPSA) is 107 Å². The van der Waals surface area contributed by atoms with Gasteiger partial charge in [-0.25, -0.2) is 0 Å². The van der Waals surface area contributed by atoms with Gasteiger partial charge in [0.05, 0.1) is 24.3 Å². The molecule has 4 atom stereocenters. The van der Waals surface area contributed by atoms with Gasteiger partial charge >= 0.3 is 0 Å². The smallest absolute Gasteiger partial charge is 0.226 e. The molecule has 1 amide bonds. The number of carbonyl (C=O) groups is 1. The molecule has 2 fully saturated rings. The first kappa shape index (κ1) is 18.4. The Bertz CT molecular complexity index is 814. The quantitative estimate of drug-likeness (QED) is 0.762. The van der Waals surface area contributed by atoms with Crippen molar-refractivity contribution >= 4 is 17.5 Å². The molecule has 0 radical (unpaired) electrons. The van der Waals surface area contributed by atoms with Crippen molar-refractivity contribution in [3.8, 4) is 11.4 Å². The fourth-order valence-electron chi connectivity index (χ4n) is 3.39. The summed E-state index contributed by atoms with van der Waals surface area (Å²) in [7, 11) is 0. The van der Waals surface area contributed by atoms with E-state index >= 15 is 0 Å². The summed E-state index contributed by atoms with van der Waals surface area (Å²) in [5.41, 5.74) is 0.710. The maximum absolute atomic E-state index is 12.2. The number of carbonyl (C=O) groups excluding carboxylic acids is 1. The Balaban J connectivity index is 1.24. The van der Waals surface area contributed by atoms with Crippen molar-refractivity contribution in [2.24, 2.45) is 0 Å². The average Bonchev–Trinajstić information content (AvgIpc) is 3.35. The average molecular weight is 394 g/mol. The molecule has 1 aromatic carbocycles. The zero-order valence-corrected chi connectivity index (χ0v) is 15.3. The molecule has 0 aliphatic carbocycles. The third-order valence-electron chi connectivity index (χ3n) is 4.75. The highest BCUT2D eigenvalue weighted by Crippen LogP contribution is 2.27. The van der Waals surface area contributed by atoms with E-state index in [1.165, 1.54) is 0 Å². The molecule has 2 aliphatic rings. The lowest BCUT2D eigenvalue weighted by Crippen LogP contribution is -2.44. The van der Waals surface area contributed by atoms with Gasteiger partial charge < -0.3 is 24.4 Å². The number of nitrogens with zero attached hydrogens (tertiary/aromatic N) is 2. The van der Waals surface area contributed by atoms with Crippen LogP contribution in [0, 0.1) is 0 Å². The van der Waals surface area contributed by atoms with Gasteiger partial charge in [-0.1, -0.05) is 28.9 Å². The normalized spacial score (nSPS) is 26.9. The molecule has 1 aromatic heterocycles. The van der Waals surface area contributed by atoms with Gasteiger partial charge in [-0.3, -0.25) is 4.79 Å². The Kier molecular flexibility index (Phi) is 5.40. The molecule has 2 saturated heterocycles. The summed E-state index contributed by atoms with van der Waals surface area (Å²) in [6, 6.07) is 7.05. The Hall–Kier alpha value is -2.00. The van der Waals surface area contributed by atoms with Crippen LogP contribution >= 0.6 is 11.6 Å². The summed E-state index contributed by atoms with van der Waals surface area (Å²) in [6.45, 7) is 0.593. The van der Waals surface area contributed by atoms with E-state index < -0.39 is 6.10 Å². The number of ether oxygens (including phenoxy) is 2. The lowest BCUT2D eigenvalue weighted by Gasteiger charge is -2.17. The molecular weight excluding hydrogens is 374 g/mol. The van der Waals surface area contributed by atoms with Crippen LogP contribution in [0.25, 0.3) is 11.4 Å². The van der Waals surface area contributed by atoms with Crippen LogP contribution in [-0.4, -0.2) is 58.7 Å². The fourth-order valence-corrected chi connectivity index (χ4v) is 3.61. The highest BCUT2D eigenvalue weighted by atomic mass is 35.5. The number of benzene rings is 1. The molecule has 0 saturated carbocycles. The minimum absolute atomic E-state index is 0.0971. The molecule has 2 N–H and O–H groups in total. The number of fused-ring (bicyclic) bond motifs is 1. The molecule has 8 nitrogen and oxygen atoms in total. The van der Waals surface area contributed by atoms with Crippen LogP contribution in [0.4, 0.5) is 0 Å². The first-order chi connectivity index (χ1) is 13.1. The molecule has 0 unspecified atom stereocenters. The summed E-state index contributed by atoms with van der Waals surface area (Å²) in [5.74, 6) is 0.801. The van der Waals surface area contributed by atoms with Gasteiger partial charge in [0.15, 0.2) is 0 Å². The SMILES string of the molecule is O=C(CCCc1nc(-c2ccccc2Cl)no1)N[C@H]1CO[C@H]2[C@@H]1OC[C@H]2O. The van der Waals surface area contributed by atoms with Crippen molar-refractivity contribution in [3.05, 3.63) is 35.2 Å². The number of rotatable bonds is 6. The van der Waals surface area contributed by atoms with Crippen molar-refractivity contribution in [2.75, 3.05) is 13.2 Å². The number of nitrogens with one attached hydrogen (secondary N) is 1. The lowest BCUT2D eigenvalue weighted by atomic mass is 10.1. The standard InChI is InChI=1S/C18H20ClN3O5/c19-11-5-2-1-4-10(11)18-21-15(27-22-18)7-3-6-14(24)20-12-8-25-17-13(23)9-26-16(12)17/h1-2,4-5,12-13,16-17,23H,3,6-9H2,(H,20,24)/t12-,13+,16+,17+/m0/s1. The van der Waals surface area contributed by atoms with Crippen molar-refractivity contribution < 1.29 is 23.9 Å². The number of hydrogen-bond acceptors (Lipinski definition) is 7. The molecule has 9 heteroatoms. The van der Waals surface area contributed by atoms with Crippen molar-refractivity contribution in [1.29, 1.82) is 0 Å². The second kappa shape index (κ2) is 7.93. The molecule has 27 heavy (non-hydrogen) atoms. The first-order valence-electron chi connectivity index (χ1n) is 8.90. The Morgan fingerprint density at radius 2 is 2.07 bits per heavy atom. The molecule has 0 bridgehead atoms. The van der Waals surface area contributed by atoms with E-state index in [0.29, 0.717) is 48.2 Å². The summed E-state index contributed by atoms with van der Waals surface area (Å²) in [4.78, 5) is 16.5. The van der Waals surface area contributed by atoms with Crippen LogP contribution in [0.1, 0.15) is 18.7 Å². The predicted molar refractivity (Wildman–Crippen MR) is 95.1 cm³/mol. The first-order valence-corrected chi connectivity index (χ1v) is 9.28. The van der Waals surface area contributed by atoms with E-state index in [1.54, 1.807) is 6.07 Å². The van der Waals surface area contributed by atoms with Crippen LogP contribution < -0.4 is 5.32 Å². The number of hydrogen-bond donors (Lipinski definition) is 2. The van der Waals surface area contributed by atoms with Gasteiger partial charge in [0.1, 0.15) is 18.3 Å². The second-order valence-electron chi connectivity index (χ2n) is 6.68. The summed E-state index contributed by atoms with van der Waals surface area (Å²) in [5, 5.41) is 17.1. The van der Waals surface area contributed by atoms with Gasteiger partial charge in [0.25, 0.3) is 0 Å². The number of aliphatic hydroxyl groups is 1. The molecule has 0 spiro atoms. The zero-order chi connectivity index (χ0) is 18.8. The minimum Gasteiger partial charge on any atom is -0.388 e. The predicted octanol–water partition coefficient (Wildman–Crippen LogP) is 1.36. The van der Waals surface area contributed by atoms with Gasteiger partial charge in [-0.05, 0) is 18.6 Å². The zero-order valence-electron chi connectivity index (χ0n) is 14.5. The number of aryl methyl sites for hydroxylation is 1. The van der Waals surface area contributed by atoms with Crippen molar-refractivity contribution in [1.82, 2.24) is 15.5 Å². The van der Waals surface area contributed by atoms with Crippen molar-refractivity contribution in [3.63, 3.8) is 0 Å². The molecule has 4 rings (SSSR count). The summed E-state index contributed by atoms with van der Waals surface area (Å²) in [6.07, 6.45) is 0.131. The number of halogens is 1. The maximum Gasteiger partial charge on any atom is 0.226 e. The van der Waals surface area contributed by atoms with Crippen LogP contribution in [0.3, 0.4) is 0 Å². The van der Waals surface area contributed by atoms with E-state index in [0.717, 1.165) is 0 Å². The third kappa shape index (κ3) is 3.98. The second-order valence-corrected chi connectivity index (χ2v) is 7.09. The third-order valence-corrected chi connectivity index (χ3v) is 5.08. The van der Waals surface area contributed by atoms with Gasteiger partial charge in [0, 0.05) is 18.4 Å². The van der Waals surface area contributed by atoms with E-state index in [2.05, 4.69) is 15.5 Å². The van der Waals surface area contributed by atoms with Gasteiger partial charge in [-0.2, -0.15) is 4.98 Å². The van der Waals surface area contributed by atoms with E-state index in [-0.39, 0.29) is 30.8 Å². The number of aromatic nitrogens is 2. The van der Waals surface area contributed by atoms with E-state index in [4.69, 9.17) is 25.6 Å². The monoisotopic (exact) mass is 393 g/mol. The van der Waals surface area contributed by atoms with Crippen LogP contribution in [0.2, 0.25) is 5.02 Å². The Morgan fingerprint density at radius 1 is 1.26 bits per heavy atom. The van der Waals surface area contributed by atoms with Gasteiger partial charge in [-0.15, -0.1) is 0 Å². The molecule has 2 aliphatic heterocycles. The largest absolute Gasteiger partial charge is 0.388 e. The minimum atomic E-state index is -0.623. The fraction of sp³-hybridized carbons (Fsp3) is 0.500. The molecular formula is C18H20ClN3O5. The summed E-state index contributed by atoms with van der Waals surface area (Å²) >= 11 is 6.13. The maximum atomic E-state index is 12.2. The van der Waals surface area contributed by atoms with Crippen LogP contribution in [0.5, 0.6) is 0 Å². The van der Waals surface area contributed by atoms with E-state index in [1.807, 2.05) is 18.2 Å². The number of aliphatic hydroxyl groups excluding tert-OH is 1. The highest BCUT2D eigenvalue weighted by Gasteiger charge is 2.47. The van der Waals surface area contributed by atoms with E-state index in [9.17, 15) is 9.90 Å². The Morgan fingerprint density at radius 3 is 2.93 bits per heavy atom. The number of amides is 1. The molecule has 2 aromatic rings. The van der Waals surface area contributed by atoms with Crippen molar-refractivity contribution in [2.45, 2.75) is 43.6 Å².